The second-order valence-electron chi connectivity index (χ2n) is 4.67. The molecule has 1 fully saturated rings. The Labute approximate surface area is 101 Å². The number of carbonyl (C=O) groups is 1. The summed E-state index contributed by atoms with van der Waals surface area (Å²) in [6, 6.07) is 5.90. The van der Waals surface area contributed by atoms with E-state index in [2.05, 4.69) is 0 Å². The zero-order valence-corrected chi connectivity index (χ0v) is 9.78. The summed E-state index contributed by atoms with van der Waals surface area (Å²) >= 11 is 0. The highest BCUT2D eigenvalue weighted by Crippen LogP contribution is 2.36. The normalized spacial score (nSPS) is 23.5. The molecule has 0 radical (unpaired) electrons. The molecular weight excluding hydrogens is 216 g/mol. The van der Waals surface area contributed by atoms with Crippen LogP contribution in [0.4, 0.5) is 0 Å². The molecule has 0 N–H and O–H groups in total. The monoisotopic (exact) mass is 232 g/mol. The highest BCUT2D eigenvalue weighted by Gasteiger charge is 2.25. The van der Waals surface area contributed by atoms with Crippen molar-refractivity contribution < 1.29 is 14.3 Å². The van der Waals surface area contributed by atoms with Gasteiger partial charge < -0.3 is 9.47 Å². The van der Waals surface area contributed by atoms with Gasteiger partial charge in [0.2, 0.25) is 0 Å². The second kappa shape index (κ2) is 4.40. The van der Waals surface area contributed by atoms with Crippen LogP contribution in [0.5, 0.6) is 11.5 Å². The molecule has 0 bridgehead atoms. The third-order valence-electron chi connectivity index (χ3n) is 3.52. The Bertz CT molecular complexity index is 439. The number of fused-ring (bicyclic) bond motifs is 1. The van der Waals surface area contributed by atoms with Crippen molar-refractivity contribution in [2.75, 3.05) is 13.2 Å². The van der Waals surface area contributed by atoms with Crippen LogP contribution in [-0.4, -0.2) is 19.0 Å². The van der Waals surface area contributed by atoms with E-state index in [1.54, 1.807) is 0 Å². The van der Waals surface area contributed by atoms with Crippen molar-refractivity contribution in [1.29, 1.82) is 0 Å². The highest BCUT2D eigenvalue weighted by molar-refractivity contribution is 5.86. The molecule has 0 spiro atoms. The van der Waals surface area contributed by atoms with Crippen LogP contribution in [0.25, 0.3) is 0 Å². The Kier molecular flexibility index (Phi) is 2.75. The summed E-state index contributed by atoms with van der Waals surface area (Å²) in [6.07, 6.45) is 3.88. The largest absolute Gasteiger partial charge is 0.486 e. The van der Waals surface area contributed by atoms with Crippen molar-refractivity contribution in [2.45, 2.75) is 31.6 Å². The van der Waals surface area contributed by atoms with Gasteiger partial charge in [0.15, 0.2) is 11.5 Å². The van der Waals surface area contributed by atoms with Gasteiger partial charge in [-0.15, -0.1) is 0 Å². The lowest BCUT2D eigenvalue weighted by molar-refractivity contribution is -0.121. The van der Waals surface area contributed by atoms with Crippen LogP contribution in [0.15, 0.2) is 18.2 Å². The molecule has 3 heteroatoms. The minimum absolute atomic E-state index is 0.0691. The molecule has 1 aliphatic heterocycles. The van der Waals surface area contributed by atoms with E-state index in [-0.39, 0.29) is 5.92 Å². The van der Waals surface area contributed by atoms with E-state index < -0.39 is 0 Å². The van der Waals surface area contributed by atoms with Crippen LogP contribution in [0, 0.1) is 0 Å². The summed E-state index contributed by atoms with van der Waals surface area (Å²) in [5.74, 6) is 2.02. The standard InChI is InChI=1S/C14H16O3/c15-12-4-2-1-3-11(12)10-5-6-13-14(9-10)17-8-7-16-13/h5-6,9,11H,1-4,7-8H2. The van der Waals surface area contributed by atoms with Gasteiger partial charge in [0.05, 0.1) is 0 Å². The van der Waals surface area contributed by atoms with Crippen LogP contribution in [-0.2, 0) is 4.79 Å². The molecule has 3 nitrogen and oxygen atoms in total. The molecule has 0 amide bonds. The summed E-state index contributed by atoms with van der Waals surface area (Å²) in [4.78, 5) is 11.9. The molecule has 1 saturated carbocycles. The number of carbonyl (C=O) groups excluding carboxylic acids is 1. The first-order valence-electron chi connectivity index (χ1n) is 6.27. The summed E-state index contributed by atoms with van der Waals surface area (Å²) in [5, 5.41) is 0. The molecule has 1 aromatic rings. The summed E-state index contributed by atoms with van der Waals surface area (Å²) in [7, 11) is 0. The molecule has 1 heterocycles. The van der Waals surface area contributed by atoms with Crippen LogP contribution in [0.2, 0.25) is 0 Å². The maximum absolute atomic E-state index is 11.9. The van der Waals surface area contributed by atoms with Gasteiger partial charge in [-0.05, 0) is 30.5 Å². The molecule has 90 valence electrons. The smallest absolute Gasteiger partial charge is 0.161 e. The van der Waals surface area contributed by atoms with Crippen molar-refractivity contribution in [3.05, 3.63) is 23.8 Å². The number of hydrogen-bond acceptors (Lipinski definition) is 3. The van der Waals surface area contributed by atoms with E-state index in [4.69, 9.17) is 9.47 Å². The van der Waals surface area contributed by atoms with E-state index in [0.717, 1.165) is 42.7 Å². The zero-order chi connectivity index (χ0) is 11.7. The third kappa shape index (κ3) is 2.02. The maximum Gasteiger partial charge on any atom is 0.161 e. The van der Waals surface area contributed by atoms with Gasteiger partial charge in [-0.1, -0.05) is 12.5 Å². The van der Waals surface area contributed by atoms with Crippen LogP contribution in [0.3, 0.4) is 0 Å². The quantitative estimate of drug-likeness (QED) is 0.746. The molecule has 17 heavy (non-hydrogen) atoms. The molecular formula is C14H16O3. The lowest BCUT2D eigenvalue weighted by atomic mass is 9.83. The topological polar surface area (TPSA) is 35.5 Å². The molecule has 1 aliphatic carbocycles. The zero-order valence-electron chi connectivity index (χ0n) is 9.78. The molecule has 2 aliphatic rings. The Hall–Kier alpha value is -1.51. The third-order valence-corrected chi connectivity index (χ3v) is 3.52. The number of rotatable bonds is 1. The number of ketones is 1. The van der Waals surface area contributed by atoms with Crippen molar-refractivity contribution >= 4 is 5.78 Å². The maximum atomic E-state index is 11.9. The fourth-order valence-electron chi connectivity index (χ4n) is 2.61. The first kappa shape index (κ1) is 10.6. The van der Waals surface area contributed by atoms with E-state index in [1.165, 1.54) is 0 Å². The molecule has 0 saturated heterocycles. The fraction of sp³-hybridized carbons (Fsp3) is 0.500. The van der Waals surface area contributed by atoms with Gasteiger partial charge >= 0.3 is 0 Å². The Morgan fingerprint density at radius 3 is 2.71 bits per heavy atom. The van der Waals surface area contributed by atoms with Gasteiger partial charge in [0.1, 0.15) is 19.0 Å². The minimum Gasteiger partial charge on any atom is -0.486 e. The summed E-state index contributed by atoms with van der Waals surface area (Å²) in [5.41, 5.74) is 1.08. The van der Waals surface area contributed by atoms with Gasteiger partial charge in [-0.3, -0.25) is 4.79 Å². The Balaban J connectivity index is 1.89. The van der Waals surface area contributed by atoms with Crippen LogP contribution >= 0.6 is 0 Å². The van der Waals surface area contributed by atoms with E-state index >= 15 is 0 Å². The van der Waals surface area contributed by atoms with Gasteiger partial charge in [-0.2, -0.15) is 0 Å². The fourth-order valence-corrected chi connectivity index (χ4v) is 2.61. The predicted molar refractivity (Wildman–Crippen MR) is 63.6 cm³/mol. The van der Waals surface area contributed by atoms with Crippen molar-refractivity contribution in [3.63, 3.8) is 0 Å². The average Bonchev–Trinajstić information content (AvgIpc) is 2.39. The molecule has 1 unspecified atom stereocenters. The molecule has 3 rings (SSSR count). The predicted octanol–water partition coefficient (Wildman–Crippen LogP) is 2.68. The SMILES string of the molecule is O=C1CCCCC1c1ccc2c(c1)OCCO2. The first-order chi connectivity index (χ1) is 8.34. The van der Waals surface area contributed by atoms with E-state index in [0.29, 0.717) is 19.0 Å². The minimum atomic E-state index is 0.0691. The van der Waals surface area contributed by atoms with E-state index in [1.807, 2.05) is 18.2 Å². The molecule has 1 aromatic carbocycles. The van der Waals surface area contributed by atoms with Crippen molar-refractivity contribution in [3.8, 4) is 11.5 Å². The number of ether oxygens (including phenoxy) is 2. The summed E-state index contributed by atoms with van der Waals surface area (Å²) < 4.78 is 11.0. The molecule has 0 aromatic heterocycles. The Morgan fingerprint density at radius 1 is 1.06 bits per heavy atom. The first-order valence-corrected chi connectivity index (χ1v) is 6.27. The highest BCUT2D eigenvalue weighted by atomic mass is 16.6. The number of Topliss-reactive ketones (excluding diaryl/α,β-unsaturated/α-hetero) is 1. The van der Waals surface area contributed by atoms with Crippen molar-refractivity contribution in [1.82, 2.24) is 0 Å². The number of benzene rings is 1. The van der Waals surface area contributed by atoms with Gasteiger partial charge in [-0.25, -0.2) is 0 Å². The molecule has 1 atom stereocenters. The van der Waals surface area contributed by atoms with Crippen LogP contribution in [0.1, 0.15) is 37.2 Å². The Morgan fingerprint density at radius 2 is 1.88 bits per heavy atom. The van der Waals surface area contributed by atoms with Crippen molar-refractivity contribution in [2.24, 2.45) is 0 Å². The average molecular weight is 232 g/mol. The van der Waals surface area contributed by atoms with Gasteiger partial charge in [0, 0.05) is 12.3 Å². The lowest BCUT2D eigenvalue weighted by Crippen LogP contribution is -2.19. The second-order valence-corrected chi connectivity index (χ2v) is 4.67. The van der Waals surface area contributed by atoms with Crippen LogP contribution < -0.4 is 9.47 Å². The van der Waals surface area contributed by atoms with E-state index in [9.17, 15) is 4.79 Å². The lowest BCUT2D eigenvalue weighted by Gasteiger charge is -2.23. The van der Waals surface area contributed by atoms with Gasteiger partial charge in [0.25, 0.3) is 0 Å². The number of hydrogen-bond donors (Lipinski definition) is 0. The summed E-state index contributed by atoms with van der Waals surface area (Å²) in [6.45, 7) is 1.20.